The number of anilines is 1. The van der Waals surface area contributed by atoms with Crippen molar-refractivity contribution >= 4 is 39.5 Å². The molecule has 3 heterocycles. The van der Waals surface area contributed by atoms with Crippen molar-refractivity contribution < 1.29 is 22.7 Å². The number of sulfonamides is 1. The van der Waals surface area contributed by atoms with Gasteiger partial charge in [0.05, 0.1) is 34.9 Å². The second kappa shape index (κ2) is 13.6. The lowest BCUT2D eigenvalue weighted by Gasteiger charge is -2.33. The van der Waals surface area contributed by atoms with Crippen LogP contribution in [0.5, 0.6) is 0 Å². The molecule has 41 heavy (non-hydrogen) atoms. The average Bonchev–Trinajstić information content (AvgIpc) is 3.37. The van der Waals surface area contributed by atoms with Gasteiger partial charge in [-0.3, -0.25) is 9.52 Å². The van der Waals surface area contributed by atoms with Gasteiger partial charge in [-0.25, -0.2) is 23.2 Å². The number of ether oxygens (including phenoxy) is 1. The number of carbonyl (C=O) groups excluding carboxylic acids is 2. The highest BCUT2D eigenvalue weighted by atomic mass is 32.2. The molecule has 0 saturated carbocycles. The van der Waals surface area contributed by atoms with Crippen LogP contribution in [0.2, 0.25) is 0 Å². The standard InChI is InChI=1S/C28H32N6O5S2/c1-3-39-28(36)23-15-22(16-29)26(31-24(23)17-40-18-25-30-11-14-33(25)2)34-12-9-21(10-13-34)27(35)32-41(37,38)19-20-7-5-4-6-8-20/h4-8,11,14-15,21H,3,9-10,12-13,17-19H2,1-2H3,(H,32,35). The number of benzene rings is 1. The molecular weight excluding hydrogens is 564 g/mol. The Balaban J connectivity index is 1.45. The van der Waals surface area contributed by atoms with E-state index in [-0.39, 0.29) is 23.5 Å². The van der Waals surface area contributed by atoms with E-state index >= 15 is 0 Å². The minimum absolute atomic E-state index is 0.193. The molecular formula is C28H32N6O5S2. The summed E-state index contributed by atoms with van der Waals surface area (Å²) in [6.45, 7) is 2.71. The number of esters is 1. The normalized spacial score (nSPS) is 13.9. The fourth-order valence-corrected chi connectivity index (χ4v) is 6.71. The first-order valence-corrected chi connectivity index (χ1v) is 16.0. The van der Waals surface area contributed by atoms with Crippen molar-refractivity contribution in [2.45, 2.75) is 37.0 Å². The van der Waals surface area contributed by atoms with Crippen LogP contribution >= 0.6 is 11.8 Å². The van der Waals surface area contributed by atoms with Crippen LogP contribution in [-0.2, 0) is 43.9 Å². The number of rotatable bonds is 11. The van der Waals surface area contributed by atoms with Crippen LogP contribution < -0.4 is 9.62 Å². The summed E-state index contributed by atoms with van der Waals surface area (Å²) in [6.07, 6.45) is 4.37. The zero-order valence-electron chi connectivity index (χ0n) is 22.9. The van der Waals surface area contributed by atoms with Gasteiger partial charge in [0.25, 0.3) is 0 Å². The van der Waals surface area contributed by atoms with Crippen LogP contribution in [0, 0.1) is 17.2 Å². The van der Waals surface area contributed by atoms with Gasteiger partial charge >= 0.3 is 5.97 Å². The number of carbonyl (C=O) groups is 2. The van der Waals surface area contributed by atoms with Gasteiger partial charge in [-0.15, -0.1) is 11.8 Å². The zero-order valence-corrected chi connectivity index (χ0v) is 24.6. The third kappa shape index (κ3) is 7.86. The van der Waals surface area contributed by atoms with Crippen molar-refractivity contribution in [3.63, 3.8) is 0 Å². The first-order chi connectivity index (χ1) is 19.7. The van der Waals surface area contributed by atoms with Gasteiger partial charge in [-0.2, -0.15) is 5.26 Å². The Bertz CT molecular complexity index is 1530. The van der Waals surface area contributed by atoms with Crippen LogP contribution in [0.25, 0.3) is 0 Å². The number of imidazole rings is 1. The van der Waals surface area contributed by atoms with Gasteiger partial charge in [0.15, 0.2) is 0 Å². The Kier molecular flexibility index (Phi) is 10.0. The Hall–Kier alpha value is -3.89. The largest absolute Gasteiger partial charge is 0.462 e. The van der Waals surface area contributed by atoms with Crippen LogP contribution in [0.3, 0.4) is 0 Å². The molecule has 1 fully saturated rings. The van der Waals surface area contributed by atoms with Gasteiger partial charge in [-0.05, 0) is 31.4 Å². The summed E-state index contributed by atoms with van der Waals surface area (Å²) in [5.41, 5.74) is 1.58. The minimum Gasteiger partial charge on any atom is -0.462 e. The van der Waals surface area contributed by atoms with E-state index in [1.54, 1.807) is 55.2 Å². The highest BCUT2D eigenvalue weighted by Gasteiger charge is 2.30. The molecule has 0 atom stereocenters. The van der Waals surface area contributed by atoms with Crippen LogP contribution in [0.15, 0.2) is 48.8 Å². The smallest absolute Gasteiger partial charge is 0.340 e. The van der Waals surface area contributed by atoms with E-state index in [2.05, 4.69) is 15.8 Å². The van der Waals surface area contributed by atoms with Gasteiger partial charge in [0.2, 0.25) is 15.9 Å². The Morgan fingerprint density at radius 2 is 1.93 bits per heavy atom. The van der Waals surface area contributed by atoms with Crippen molar-refractivity contribution in [1.29, 1.82) is 5.26 Å². The molecule has 0 radical (unpaired) electrons. The van der Waals surface area contributed by atoms with Gasteiger partial charge in [-0.1, -0.05) is 30.3 Å². The van der Waals surface area contributed by atoms with E-state index in [1.807, 2.05) is 22.7 Å². The van der Waals surface area contributed by atoms with Crippen molar-refractivity contribution in [2.24, 2.45) is 13.0 Å². The SMILES string of the molecule is CCOC(=O)c1cc(C#N)c(N2CCC(C(=O)NS(=O)(=O)Cc3ccccc3)CC2)nc1CSCc1nccn1C. The van der Waals surface area contributed by atoms with E-state index in [4.69, 9.17) is 9.72 Å². The zero-order chi connectivity index (χ0) is 29.4. The predicted molar refractivity (Wildman–Crippen MR) is 155 cm³/mol. The summed E-state index contributed by atoms with van der Waals surface area (Å²) in [6, 6.07) is 12.3. The second-order valence-corrected chi connectivity index (χ2v) is 12.3. The highest BCUT2D eigenvalue weighted by Crippen LogP contribution is 2.29. The maximum atomic E-state index is 12.8. The molecule has 11 nitrogen and oxygen atoms in total. The van der Waals surface area contributed by atoms with E-state index < -0.39 is 27.8 Å². The van der Waals surface area contributed by atoms with E-state index in [0.29, 0.717) is 54.5 Å². The van der Waals surface area contributed by atoms with Gasteiger partial charge in [0, 0.05) is 44.2 Å². The summed E-state index contributed by atoms with van der Waals surface area (Å²) in [4.78, 5) is 36.5. The quantitative estimate of drug-likeness (QED) is 0.327. The fraction of sp³-hybridized carbons (Fsp3) is 0.393. The van der Waals surface area contributed by atoms with Crippen molar-refractivity contribution in [1.82, 2.24) is 19.3 Å². The number of thioether (sulfide) groups is 1. The predicted octanol–water partition coefficient (Wildman–Crippen LogP) is 3.16. The molecule has 216 valence electrons. The lowest BCUT2D eigenvalue weighted by molar-refractivity contribution is -0.123. The number of nitriles is 1. The Labute approximate surface area is 244 Å². The first-order valence-electron chi connectivity index (χ1n) is 13.2. The molecule has 0 aliphatic carbocycles. The Morgan fingerprint density at radius 1 is 1.20 bits per heavy atom. The number of aryl methyl sites for hydroxylation is 1. The molecule has 3 aromatic rings. The molecule has 0 bridgehead atoms. The molecule has 1 aliphatic rings. The van der Waals surface area contributed by atoms with Crippen molar-refractivity contribution in [2.75, 3.05) is 24.6 Å². The third-order valence-electron chi connectivity index (χ3n) is 6.71. The molecule has 13 heteroatoms. The molecule has 1 N–H and O–H groups in total. The highest BCUT2D eigenvalue weighted by molar-refractivity contribution is 7.97. The van der Waals surface area contributed by atoms with E-state index in [1.165, 1.54) is 6.07 Å². The monoisotopic (exact) mass is 596 g/mol. The van der Waals surface area contributed by atoms with Crippen LogP contribution in [0.1, 0.15) is 52.8 Å². The summed E-state index contributed by atoms with van der Waals surface area (Å²) < 4.78 is 34.4. The molecule has 4 rings (SSSR count). The van der Waals surface area contributed by atoms with E-state index in [9.17, 15) is 23.3 Å². The number of amides is 1. The van der Waals surface area contributed by atoms with Crippen LogP contribution in [0.4, 0.5) is 5.82 Å². The van der Waals surface area contributed by atoms with Crippen LogP contribution in [-0.4, -0.2) is 54.5 Å². The molecule has 1 aliphatic heterocycles. The molecule has 1 aromatic carbocycles. The molecule has 0 spiro atoms. The molecule has 1 amide bonds. The number of aromatic nitrogens is 3. The maximum absolute atomic E-state index is 12.8. The van der Waals surface area contributed by atoms with Gasteiger partial charge in [0.1, 0.15) is 17.7 Å². The summed E-state index contributed by atoms with van der Waals surface area (Å²) in [7, 11) is -1.92. The second-order valence-electron chi connectivity index (χ2n) is 9.61. The number of piperidine rings is 1. The minimum atomic E-state index is -3.83. The number of nitrogens with zero attached hydrogens (tertiary/aromatic N) is 5. The number of hydrogen-bond donors (Lipinski definition) is 1. The maximum Gasteiger partial charge on any atom is 0.340 e. The topological polar surface area (TPSA) is 147 Å². The lowest BCUT2D eigenvalue weighted by Crippen LogP contribution is -2.43. The first kappa shape index (κ1) is 30.1. The number of hydrogen-bond acceptors (Lipinski definition) is 10. The number of nitrogens with one attached hydrogen (secondary N) is 1. The molecule has 0 unspecified atom stereocenters. The lowest BCUT2D eigenvalue weighted by atomic mass is 9.96. The number of pyridine rings is 1. The van der Waals surface area contributed by atoms with Gasteiger partial charge < -0.3 is 14.2 Å². The fourth-order valence-electron chi connectivity index (χ4n) is 4.55. The summed E-state index contributed by atoms with van der Waals surface area (Å²) >= 11 is 1.54. The summed E-state index contributed by atoms with van der Waals surface area (Å²) in [5.74, 6) is 0.488. The third-order valence-corrected chi connectivity index (χ3v) is 8.87. The van der Waals surface area contributed by atoms with E-state index in [0.717, 1.165) is 5.82 Å². The van der Waals surface area contributed by atoms with Crippen molar-refractivity contribution in [3.8, 4) is 6.07 Å². The molecule has 1 saturated heterocycles. The Morgan fingerprint density at radius 3 is 2.56 bits per heavy atom. The average molecular weight is 597 g/mol. The van der Waals surface area contributed by atoms with Crippen molar-refractivity contribution in [3.05, 3.63) is 77.0 Å². The molecule has 2 aromatic heterocycles. The summed E-state index contributed by atoms with van der Waals surface area (Å²) in [5, 5.41) is 9.88.